The average Bonchev–Trinajstić information content (AvgIpc) is 2.84. The van der Waals surface area contributed by atoms with Crippen molar-refractivity contribution in [3.05, 3.63) is 95.2 Å². The molecule has 0 aliphatic carbocycles. The van der Waals surface area contributed by atoms with E-state index < -0.39 is 0 Å². The van der Waals surface area contributed by atoms with Crippen molar-refractivity contribution >= 4 is 29.3 Å². The van der Waals surface area contributed by atoms with E-state index in [-0.39, 0.29) is 11.7 Å². The molecule has 168 valence electrons. The maximum atomic E-state index is 12.6. The van der Waals surface area contributed by atoms with Crippen LogP contribution < -0.4 is 10.2 Å². The first-order valence-corrected chi connectivity index (χ1v) is 11.0. The topological polar surface area (TPSA) is 71.5 Å². The van der Waals surface area contributed by atoms with Gasteiger partial charge in [-0.05, 0) is 42.3 Å². The molecule has 1 aliphatic heterocycles. The predicted molar refractivity (Wildman–Crippen MR) is 131 cm³/mol. The summed E-state index contributed by atoms with van der Waals surface area (Å²) >= 11 is 0. The lowest BCUT2D eigenvalue weighted by Gasteiger charge is -2.29. The molecule has 1 amide bonds. The Morgan fingerprint density at radius 1 is 1.06 bits per heavy atom. The largest absolute Gasteiger partial charge is 0.378 e. The zero-order valence-electron chi connectivity index (χ0n) is 18.7. The van der Waals surface area contributed by atoms with E-state index >= 15 is 0 Å². The van der Waals surface area contributed by atoms with E-state index in [1.54, 1.807) is 18.3 Å². The number of hydrogen-bond acceptors (Lipinski definition) is 5. The fourth-order valence-corrected chi connectivity index (χ4v) is 3.78. The highest BCUT2D eigenvalue weighted by molar-refractivity contribution is 6.03. The summed E-state index contributed by atoms with van der Waals surface area (Å²) in [6.45, 7) is 4.75. The second-order valence-electron chi connectivity index (χ2n) is 8.01. The minimum atomic E-state index is -0.237. The van der Waals surface area contributed by atoms with Crippen LogP contribution in [0.4, 0.5) is 11.5 Å². The number of aryl methyl sites for hydroxylation is 1. The van der Waals surface area contributed by atoms with Crippen molar-refractivity contribution in [3.8, 4) is 0 Å². The molecular formula is C27H27N3O3. The Kier molecular flexibility index (Phi) is 7.27. The Balaban J connectivity index is 1.40. The molecular weight excluding hydrogens is 414 g/mol. The number of pyridine rings is 1. The van der Waals surface area contributed by atoms with Crippen molar-refractivity contribution in [3.63, 3.8) is 0 Å². The number of ketones is 1. The van der Waals surface area contributed by atoms with Crippen LogP contribution in [0.2, 0.25) is 0 Å². The fourth-order valence-electron chi connectivity index (χ4n) is 3.78. The number of nitrogens with zero attached hydrogens (tertiary/aromatic N) is 2. The van der Waals surface area contributed by atoms with Gasteiger partial charge in [0.15, 0.2) is 11.6 Å². The summed E-state index contributed by atoms with van der Waals surface area (Å²) in [7, 11) is 0. The monoisotopic (exact) mass is 441 g/mol. The molecule has 6 heteroatoms. The minimum absolute atomic E-state index is 0.0739. The van der Waals surface area contributed by atoms with Gasteiger partial charge in [0.1, 0.15) is 0 Å². The van der Waals surface area contributed by atoms with Crippen molar-refractivity contribution in [1.82, 2.24) is 4.98 Å². The smallest absolute Gasteiger partial charge is 0.248 e. The van der Waals surface area contributed by atoms with E-state index in [0.717, 1.165) is 35.6 Å². The maximum absolute atomic E-state index is 12.6. The molecule has 33 heavy (non-hydrogen) atoms. The van der Waals surface area contributed by atoms with Gasteiger partial charge in [-0.2, -0.15) is 0 Å². The molecule has 0 bridgehead atoms. The van der Waals surface area contributed by atoms with Gasteiger partial charge in [-0.3, -0.25) is 9.59 Å². The van der Waals surface area contributed by atoms with Crippen LogP contribution in [0, 0.1) is 6.92 Å². The number of hydrogen-bond donors (Lipinski definition) is 1. The maximum Gasteiger partial charge on any atom is 0.248 e. The number of nitrogens with one attached hydrogen (secondary N) is 1. The molecule has 1 fully saturated rings. The molecule has 0 atom stereocenters. The number of Topliss-reactive ketones (excluding diaryl/α,β-unsaturated/α-hetero) is 1. The highest BCUT2D eigenvalue weighted by Gasteiger charge is 2.16. The van der Waals surface area contributed by atoms with Crippen molar-refractivity contribution in [2.45, 2.75) is 13.3 Å². The summed E-state index contributed by atoms with van der Waals surface area (Å²) in [6, 6.07) is 18.9. The third kappa shape index (κ3) is 6.14. The Morgan fingerprint density at radius 3 is 2.70 bits per heavy atom. The van der Waals surface area contributed by atoms with Crippen LogP contribution in [0.15, 0.2) is 72.9 Å². The number of ether oxygens (including phenoxy) is 1. The minimum Gasteiger partial charge on any atom is -0.378 e. The third-order valence-electron chi connectivity index (χ3n) is 5.44. The summed E-state index contributed by atoms with van der Waals surface area (Å²) < 4.78 is 5.40. The van der Waals surface area contributed by atoms with E-state index in [4.69, 9.17) is 4.74 Å². The summed E-state index contributed by atoms with van der Waals surface area (Å²) in [5, 5.41) is 2.93. The van der Waals surface area contributed by atoms with Crippen LogP contribution >= 0.6 is 0 Å². The number of rotatable bonds is 7. The molecule has 1 N–H and O–H groups in total. The van der Waals surface area contributed by atoms with Crippen LogP contribution in [-0.2, 0) is 16.0 Å². The Hall–Kier alpha value is -3.77. The molecule has 0 radical (unpaired) electrons. The van der Waals surface area contributed by atoms with E-state index in [1.165, 1.54) is 6.08 Å². The molecule has 0 saturated carbocycles. The lowest BCUT2D eigenvalue weighted by atomic mass is 10.00. The quantitative estimate of drug-likeness (QED) is 0.437. The van der Waals surface area contributed by atoms with Crippen molar-refractivity contribution in [1.29, 1.82) is 0 Å². The van der Waals surface area contributed by atoms with Gasteiger partial charge in [0.25, 0.3) is 0 Å². The fraction of sp³-hybridized carbons (Fsp3) is 0.222. The van der Waals surface area contributed by atoms with E-state index in [0.29, 0.717) is 30.9 Å². The van der Waals surface area contributed by atoms with Crippen LogP contribution in [0.3, 0.4) is 0 Å². The lowest BCUT2D eigenvalue weighted by Crippen LogP contribution is -2.37. The van der Waals surface area contributed by atoms with Gasteiger partial charge in [0.05, 0.1) is 18.9 Å². The molecule has 4 rings (SSSR count). The average molecular weight is 442 g/mol. The third-order valence-corrected chi connectivity index (χ3v) is 5.44. The van der Waals surface area contributed by atoms with Crippen molar-refractivity contribution in [2.75, 3.05) is 36.5 Å². The predicted octanol–water partition coefficient (Wildman–Crippen LogP) is 4.30. The van der Waals surface area contributed by atoms with Crippen molar-refractivity contribution < 1.29 is 14.3 Å². The van der Waals surface area contributed by atoms with E-state index in [1.807, 2.05) is 61.5 Å². The Morgan fingerprint density at radius 2 is 1.88 bits per heavy atom. The highest BCUT2D eigenvalue weighted by atomic mass is 16.5. The number of carbonyl (C=O) groups excluding carboxylic acids is 2. The lowest BCUT2D eigenvalue weighted by molar-refractivity contribution is -0.111. The first kappa shape index (κ1) is 22.4. The number of anilines is 2. The van der Waals surface area contributed by atoms with Gasteiger partial charge in [0.2, 0.25) is 5.91 Å². The van der Waals surface area contributed by atoms with Crippen LogP contribution in [0.1, 0.15) is 27.0 Å². The second-order valence-corrected chi connectivity index (χ2v) is 8.01. The Labute approximate surface area is 193 Å². The number of carbonyl (C=O) groups is 2. The number of morpholine rings is 1. The molecule has 1 saturated heterocycles. The SMILES string of the molecule is Cc1cccc(C(=O)Cc2cccc(/C=C/C(=O)Nc3cccnc3N3CCOCC3)c2)c1. The number of amides is 1. The Bertz CT molecular complexity index is 1170. The molecule has 3 aromatic rings. The molecule has 2 heterocycles. The summed E-state index contributed by atoms with van der Waals surface area (Å²) in [4.78, 5) is 31.7. The normalized spacial score (nSPS) is 13.8. The van der Waals surface area contributed by atoms with Crippen LogP contribution in [0.5, 0.6) is 0 Å². The summed E-state index contributed by atoms with van der Waals surface area (Å²) in [5.74, 6) is 0.586. The van der Waals surface area contributed by atoms with Gasteiger partial charge in [-0.15, -0.1) is 0 Å². The summed E-state index contributed by atoms with van der Waals surface area (Å²) in [5.41, 5.74) is 4.22. The molecule has 2 aromatic carbocycles. The molecule has 0 unspecified atom stereocenters. The first-order chi connectivity index (χ1) is 16.1. The molecule has 1 aliphatic rings. The van der Waals surface area contributed by atoms with Gasteiger partial charge in [0, 0.05) is 37.3 Å². The standard InChI is InChI=1S/C27H27N3O3/c1-20-5-2-8-23(17-20)25(31)19-22-7-3-6-21(18-22)10-11-26(32)29-24-9-4-12-28-27(24)30-13-15-33-16-14-30/h2-12,17-18H,13-16,19H2,1H3,(H,29,32)/b11-10+. The van der Waals surface area contributed by atoms with Crippen LogP contribution in [-0.4, -0.2) is 43.0 Å². The second kappa shape index (κ2) is 10.7. The molecule has 6 nitrogen and oxygen atoms in total. The zero-order valence-corrected chi connectivity index (χ0v) is 18.7. The van der Waals surface area contributed by atoms with Gasteiger partial charge in [-0.25, -0.2) is 4.98 Å². The van der Waals surface area contributed by atoms with Crippen LogP contribution in [0.25, 0.3) is 6.08 Å². The molecule has 1 aromatic heterocycles. The van der Waals surface area contributed by atoms with E-state index in [2.05, 4.69) is 15.2 Å². The molecule has 0 spiro atoms. The zero-order chi connectivity index (χ0) is 23.0. The highest BCUT2D eigenvalue weighted by Crippen LogP contribution is 2.23. The van der Waals surface area contributed by atoms with Crippen molar-refractivity contribution in [2.24, 2.45) is 0 Å². The van der Waals surface area contributed by atoms with Gasteiger partial charge < -0.3 is 15.0 Å². The van der Waals surface area contributed by atoms with Gasteiger partial charge in [-0.1, -0.05) is 48.0 Å². The number of benzene rings is 2. The summed E-state index contributed by atoms with van der Waals surface area (Å²) in [6.07, 6.45) is 5.29. The first-order valence-electron chi connectivity index (χ1n) is 11.0. The van der Waals surface area contributed by atoms with E-state index in [9.17, 15) is 9.59 Å². The van der Waals surface area contributed by atoms with Gasteiger partial charge >= 0.3 is 0 Å². The number of aromatic nitrogens is 1.